The summed E-state index contributed by atoms with van der Waals surface area (Å²) < 4.78 is 24.8. The summed E-state index contributed by atoms with van der Waals surface area (Å²) in [6.07, 6.45) is 8.76. The molecule has 1 saturated carbocycles. The first-order valence-corrected chi connectivity index (χ1v) is 11.5. The molecule has 1 aliphatic carbocycles. The van der Waals surface area contributed by atoms with Crippen molar-refractivity contribution in [1.29, 1.82) is 0 Å². The molecule has 0 aromatic rings. The van der Waals surface area contributed by atoms with E-state index in [1.54, 1.807) is 11.4 Å². The number of hydrogen-bond acceptors (Lipinski definition) is 3. The normalized spacial score (nSPS) is 24.8. The molecular weight excluding hydrogens is 336 g/mol. The van der Waals surface area contributed by atoms with Gasteiger partial charge < -0.3 is 10.6 Å². The molecule has 1 unspecified atom stereocenters. The van der Waals surface area contributed by atoms with Gasteiger partial charge >= 0.3 is 0 Å². The molecule has 2 N–H and O–H groups in total. The summed E-state index contributed by atoms with van der Waals surface area (Å²) in [5, 5.41) is 6.93. The van der Waals surface area contributed by atoms with Gasteiger partial charge in [0.2, 0.25) is 10.0 Å². The lowest BCUT2D eigenvalue weighted by Gasteiger charge is -2.32. The Morgan fingerprint density at radius 2 is 1.96 bits per heavy atom. The van der Waals surface area contributed by atoms with Crippen molar-refractivity contribution in [2.75, 3.05) is 39.5 Å². The van der Waals surface area contributed by atoms with E-state index >= 15 is 0 Å². The highest BCUT2D eigenvalue weighted by molar-refractivity contribution is 7.88. The van der Waals surface area contributed by atoms with Gasteiger partial charge in [0.25, 0.3) is 0 Å². The van der Waals surface area contributed by atoms with Crippen LogP contribution in [0.5, 0.6) is 0 Å². The molecule has 1 atom stereocenters. The number of nitrogens with one attached hydrogen (secondary N) is 2. The summed E-state index contributed by atoms with van der Waals surface area (Å²) >= 11 is 0. The van der Waals surface area contributed by atoms with Crippen LogP contribution in [0.4, 0.5) is 0 Å². The molecule has 6 nitrogen and oxygen atoms in total. The van der Waals surface area contributed by atoms with Gasteiger partial charge in [-0.05, 0) is 42.9 Å². The average Bonchev–Trinajstić information content (AvgIpc) is 3.16. The van der Waals surface area contributed by atoms with Gasteiger partial charge in [0.1, 0.15) is 0 Å². The Bertz CT molecular complexity index is 553. The van der Waals surface area contributed by atoms with Crippen LogP contribution in [0.3, 0.4) is 0 Å². The molecule has 1 heterocycles. The van der Waals surface area contributed by atoms with Crippen molar-refractivity contribution >= 4 is 16.0 Å². The van der Waals surface area contributed by atoms with Crippen molar-refractivity contribution in [3.8, 4) is 0 Å². The third kappa shape index (κ3) is 6.13. The Kier molecular flexibility index (Phi) is 7.14. The third-order valence-corrected chi connectivity index (χ3v) is 6.91. The van der Waals surface area contributed by atoms with Gasteiger partial charge in [-0.25, -0.2) is 12.7 Å². The van der Waals surface area contributed by atoms with Gasteiger partial charge in [-0.2, -0.15) is 0 Å². The van der Waals surface area contributed by atoms with Crippen molar-refractivity contribution in [3.05, 3.63) is 0 Å². The quantitative estimate of drug-likeness (QED) is 0.530. The van der Waals surface area contributed by atoms with E-state index in [1.165, 1.54) is 38.4 Å². The Morgan fingerprint density at radius 3 is 2.48 bits per heavy atom. The number of hydrogen-bond donors (Lipinski definition) is 2. The first-order chi connectivity index (χ1) is 11.7. The smallest absolute Gasteiger partial charge is 0.211 e. The lowest BCUT2D eigenvalue weighted by molar-refractivity contribution is 0.234. The summed E-state index contributed by atoms with van der Waals surface area (Å²) in [6.45, 7) is 7.60. The summed E-state index contributed by atoms with van der Waals surface area (Å²) in [5.74, 6) is 1.91. The SMILES string of the molecule is CN=C(NCC1CCN(S(C)(=O)=O)C1)NCC1(CC(C)C)CCCC1. The Hall–Kier alpha value is -0.820. The second-order valence-electron chi connectivity index (χ2n) is 8.39. The molecule has 2 aliphatic rings. The highest BCUT2D eigenvalue weighted by Crippen LogP contribution is 2.42. The minimum absolute atomic E-state index is 0.351. The topological polar surface area (TPSA) is 73.8 Å². The van der Waals surface area contributed by atoms with E-state index in [-0.39, 0.29) is 0 Å². The highest BCUT2D eigenvalue weighted by Gasteiger charge is 2.34. The van der Waals surface area contributed by atoms with Crippen LogP contribution >= 0.6 is 0 Å². The lowest BCUT2D eigenvalue weighted by atomic mass is 9.78. The largest absolute Gasteiger partial charge is 0.356 e. The van der Waals surface area contributed by atoms with Crippen molar-refractivity contribution in [2.24, 2.45) is 22.2 Å². The minimum atomic E-state index is -3.06. The number of sulfonamides is 1. The predicted molar refractivity (Wildman–Crippen MR) is 104 cm³/mol. The van der Waals surface area contributed by atoms with Gasteiger partial charge in [0.15, 0.2) is 5.96 Å². The first kappa shape index (κ1) is 20.5. The molecule has 1 saturated heterocycles. The zero-order valence-corrected chi connectivity index (χ0v) is 17.2. The number of rotatable bonds is 7. The van der Waals surface area contributed by atoms with Gasteiger partial charge in [0, 0.05) is 33.2 Å². The maximum atomic E-state index is 11.6. The third-order valence-electron chi connectivity index (χ3n) is 5.64. The molecular formula is C18H36N4O2S. The predicted octanol–water partition coefficient (Wildman–Crippen LogP) is 2.04. The van der Waals surface area contributed by atoms with Gasteiger partial charge in [0.05, 0.1) is 6.26 Å². The Morgan fingerprint density at radius 1 is 1.28 bits per heavy atom. The van der Waals surface area contributed by atoms with E-state index in [1.807, 2.05) is 0 Å². The van der Waals surface area contributed by atoms with Gasteiger partial charge in [-0.3, -0.25) is 4.99 Å². The summed E-state index contributed by atoms with van der Waals surface area (Å²) in [7, 11) is -1.26. The second kappa shape index (κ2) is 8.71. The van der Waals surface area contributed by atoms with E-state index in [0.717, 1.165) is 31.4 Å². The van der Waals surface area contributed by atoms with Crippen LogP contribution in [0.1, 0.15) is 52.4 Å². The lowest BCUT2D eigenvalue weighted by Crippen LogP contribution is -2.45. The van der Waals surface area contributed by atoms with Crippen LogP contribution in [0, 0.1) is 17.3 Å². The van der Waals surface area contributed by atoms with E-state index < -0.39 is 10.0 Å². The monoisotopic (exact) mass is 372 g/mol. The molecule has 146 valence electrons. The molecule has 0 aromatic heterocycles. The molecule has 7 heteroatoms. The molecule has 0 amide bonds. The van der Waals surface area contributed by atoms with Crippen molar-refractivity contribution in [1.82, 2.24) is 14.9 Å². The van der Waals surface area contributed by atoms with E-state index in [0.29, 0.717) is 24.4 Å². The Labute approximate surface area is 153 Å². The second-order valence-corrected chi connectivity index (χ2v) is 10.4. The van der Waals surface area contributed by atoms with Crippen LogP contribution in [0.15, 0.2) is 4.99 Å². The van der Waals surface area contributed by atoms with Crippen molar-refractivity contribution in [2.45, 2.75) is 52.4 Å². The van der Waals surface area contributed by atoms with Crippen LogP contribution in [0.25, 0.3) is 0 Å². The van der Waals surface area contributed by atoms with Gasteiger partial charge in [-0.1, -0.05) is 26.7 Å². The zero-order chi connectivity index (χ0) is 18.5. The maximum Gasteiger partial charge on any atom is 0.211 e. The number of aliphatic imine (C=N–C) groups is 1. The maximum absolute atomic E-state index is 11.6. The number of nitrogens with zero attached hydrogens (tertiary/aromatic N) is 2. The molecule has 2 rings (SSSR count). The molecule has 0 bridgehead atoms. The standard InChI is InChI=1S/C18H36N4O2S/c1-15(2)11-18(8-5-6-9-18)14-21-17(19-3)20-12-16-7-10-22(13-16)25(4,23)24/h15-16H,5-14H2,1-4H3,(H2,19,20,21). The summed E-state index contributed by atoms with van der Waals surface area (Å²) in [6, 6.07) is 0. The van der Waals surface area contributed by atoms with Crippen molar-refractivity contribution < 1.29 is 8.42 Å². The van der Waals surface area contributed by atoms with E-state index in [4.69, 9.17) is 0 Å². The van der Waals surface area contributed by atoms with Gasteiger partial charge in [-0.15, -0.1) is 0 Å². The van der Waals surface area contributed by atoms with Crippen LogP contribution in [-0.4, -0.2) is 58.2 Å². The van der Waals surface area contributed by atoms with E-state index in [2.05, 4.69) is 29.5 Å². The van der Waals surface area contributed by atoms with Crippen molar-refractivity contribution in [3.63, 3.8) is 0 Å². The fourth-order valence-electron chi connectivity index (χ4n) is 4.44. The van der Waals surface area contributed by atoms with E-state index in [9.17, 15) is 8.42 Å². The van der Waals surface area contributed by atoms with Crippen LogP contribution in [0.2, 0.25) is 0 Å². The molecule has 2 fully saturated rings. The van der Waals surface area contributed by atoms with Crippen LogP contribution in [-0.2, 0) is 10.0 Å². The molecule has 0 aromatic carbocycles. The number of guanidine groups is 1. The highest BCUT2D eigenvalue weighted by atomic mass is 32.2. The van der Waals surface area contributed by atoms with Crippen LogP contribution < -0.4 is 10.6 Å². The molecule has 0 spiro atoms. The molecule has 1 aliphatic heterocycles. The summed E-state index contributed by atoms with van der Waals surface area (Å²) in [4.78, 5) is 4.35. The minimum Gasteiger partial charge on any atom is -0.356 e. The summed E-state index contributed by atoms with van der Waals surface area (Å²) in [5.41, 5.74) is 0.409. The zero-order valence-electron chi connectivity index (χ0n) is 16.3. The first-order valence-electron chi connectivity index (χ1n) is 9.64. The molecule has 0 radical (unpaired) electrons. The molecule has 25 heavy (non-hydrogen) atoms. The fourth-order valence-corrected chi connectivity index (χ4v) is 5.36. The fraction of sp³-hybridized carbons (Fsp3) is 0.944. The Balaban J connectivity index is 1.79. The average molecular weight is 373 g/mol.